The van der Waals surface area contributed by atoms with Crippen molar-refractivity contribution in [3.8, 4) is 0 Å². The summed E-state index contributed by atoms with van der Waals surface area (Å²) in [6.07, 6.45) is 47.2. The Morgan fingerprint density at radius 2 is 0.529 bits per heavy atom. The van der Waals surface area contributed by atoms with Gasteiger partial charge in [-0.1, -0.05) is 298 Å². The molecule has 0 aliphatic carbocycles. The Hall–Kier alpha value is -1.94. The number of ether oxygens (including phenoxy) is 4. The van der Waals surface area contributed by atoms with Gasteiger partial charge in [0.05, 0.1) is 26.4 Å². The molecular formula is C68H132O17P2. The lowest BCUT2D eigenvalue weighted by Crippen LogP contribution is -2.30. The summed E-state index contributed by atoms with van der Waals surface area (Å²) in [6.45, 7) is 7.14. The molecule has 0 fully saturated rings. The van der Waals surface area contributed by atoms with Gasteiger partial charge in [0.1, 0.15) is 19.3 Å². The zero-order valence-electron chi connectivity index (χ0n) is 56.2. The van der Waals surface area contributed by atoms with Gasteiger partial charge in [-0.2, -0.15) is 0 Å². The molecule has 3 N–H and O–H groups in total. The van der Waals surface area contributed by atoms with Crippen LogP contribution in [0.5, 0.6) is 0 Å². The van der Waals surface area contributed by atoms with Crippen LogP contribution in [0.1, 0.15) is 349 Å². The minimum atomic E-state index is -4.95. The van der Waals surface area contributed by atoms with Gasteiger partial charge < -0.3 is 33.8 Å². The van der Waals surface area contributed by atoms with E-state index in [4.69, 9.17) is 37.0 Å². The molecule has 516 valence electrons. The van der Waals surface area contributed by atoms with Gasteiger partial charge in [-0.05, 0) is 31.6 Å². The molecule has 87 heavy (non-hydrogen) atoms. The van der Waals surface area contributed by atoms with Crippen LogP contribution in [0.15, 0.2) is 0 Å². The Morgan fingerprint density at radius 1 is 0.310 bits per heavy atom. The molecule has 2 unspecified atom stereocenters. The molecule has 0 aromatic heterocycles. The van der Waals surface area contributed by atoms with E-state index in [1.54, 1.807) is 0 Å². The van der Waals surface area contributed by atoms with Crippen molar-refractivity contribution >= 4 is 39.5 Å². The number of esters is 4. The van der Waals surface area contributed by atoms with Gasteiger partial charge in [-0.25, -0.2) is 9.13 Å². The maximum absolute atomic E-state index is 13.0. The van der Waals surface area contributed by atoms with Gasteiger partial charge in [0.25, 0.3) is 0 Å². The monoisotopic (exact) mass is 1280 g/mol. The summed E-state index contributed by atoms with van der Waals surface area (Å²) in [5.41, 5.74) is 0. The fourth-order valence-corrected chi connectivity index (χ4v) is 11.9. The predicted octanol–water partition coefficient (Wildman–Crippen LogP) is 19.4. The first kappa shape index (κ1) is 85.1. The number of aliphatic hydroxyl groups excluding tert-OH is 1. The van der Waals surface area contributed by atoms with Crippen molar-refractivity contribution in [2.75, 3.05) is 39.6 Å². The van der Waals surface area contributed by atoms with Crippen LogP contribution in [0, 0.1) is 5.92 Å². The summed E-state index contributed by atoms with van der Waals surface area (Å²) >= 11 is 0. The third-order valence-electron chi connectivity index (χ3n) is 15.8. The fourth-order valence-electron chi connectivity index (χ4n) is 10.3. The van der Waals surface area contributed by atoms with Crippen molar-refractivity contribution in [3.63, 3.8) is 0 Å². The van der Waals surface area contributed by atoms with Crippen LogP contribution in [0.2, 0.25) is 0 Å². The second-order valence-electron chi connectivity index (χ2n) is 25.0. The SMILES string of the molecule is CCCCCCCCCCCCCCCCCC(=O)O[C@H](COC(=O)CCCCCCCCCCCCCCC)COP(=O)(O)OC[C@@H](O)COP(=O)(O)OC[C@@H](COC(=O)CCCCCCCCC(C)C)OC(=O)CCCCCCCCCCCC. The van der Waals surface area contributed by atoms with Gasteiger partial charge in [-0.15, -0.1) is 0 Å². The highest BCUT2D eigenvalue weighted by Gasteiger charge is 2.30. The Labute approximate surface area is 530 Å². The Morgan fingerprint density at radius 3 is 0.782 bits per heavy atom. The van der Waals surface area contributed by atoms with E-state index in [2.05, 4.69) is 34.6 Å². The van der Waals surface area contributed by atoms with Crippen molar-refractivity contribution < 1.29 is 80.2 Å². The molecule has 17 nitrogen and oxygen atoms in total. The molecular weight excluding hydrogens is 1150 g/mol. The van der Waals surface area contributed by atoms with Crippen LogP contribution in [-0.2, 0) is 65.4 Å². The molecule has 0 rings (SSSR count). The molecule has 0 aromatic carbocycles. The quantitative estimate of drug-likeness (QED) is 0.0222. The number of aliphatic hydroxyl groups is 1. The smallest absolute Gasteiger partial charge is 0.462 e. The van der Waals surface area contributed by atoms with Crippen molar-refractivity contribution in [1.29, 1.82) is 0 Å². The molecule has 0 spiro atoms. The summed E-state index contributed by atoms with van der Waals surface area (Å²) < 4.78 is 68.1. The zero-order valence-corrected chi connectivity index (χ0v) is 57.9. The minimum absolute atomic E-state index is 0.106. The largest absolute Gasteiger partial charge is 0.472 e. The van der Waals surface area contributed by atoms with Crippen molar-refractivity contribution in [2.45, 2.75) is 368 Å². The maximum Gasteiger partial charge on any atom is 0.472 e. The number of hydrogen-bond donors (Lipinski definition) is 3. The van der Waals surface area contributed by atoms with E-state index in [-0.39, 0.29) is 25.7 Å². The summed E-state index contributed by atoms with van der Waals surface area (Å²) in [6, 6.07) is 0. The summed E-state index contributed by atoms with van der Waals surface area (Å²) in [5.74, 6) is -1.45. The van der Waals surface area contributed by atoms with Gasteiger partial charge >= 0.3 is 39.5 Å². The molecule has 0 radical (unpaired) electrons. The van der Waals surface area contributed by atoms with Crippen molar-refractivity contribution in [1.82, 2.24) is 0 Å². The van der Waals surface area contributed by atoms with Gasteiger partial charge in [0.2, 0.25) is 0 Å². The highest BCUT2D eigenvalue weighted by Crippen LogP contribution is 2.45. The Bertz CT molecular complexity index is 1690. The van der Waals surface area contributed by atoms with E-state index in [1.807, 2.05) is 0 Å². The standard InChI is InChI=1S/C68H132O17P2/c1-6-9-12-15-18-21-24-26-27-29-31-34-37-44-49-54-68(73)84-63(57-78-65(70)51-46-41-35-33-30-28-25-22-19-16-13-10-7-2)59-82-86(74,75)80-55-62(69)56-81-87(76,77)83-60-64(58-79-66(71)52-47-42-39-38-40-45-50-61(4)5)85-67(72)53-48-43-36-32-23-20-17-14-11-8-3/h61-64,69H,6-60H2,1-5H3,(H,74,75)(H,76,77)/t62-,63-,64-/m1/s1. The number of phosphoric ester groups is 2. The lowest BCUT2D eigenvalue weighted by atomic mass is 10.0. The van der Waals surface area contributed by atoms with Crippen molar-refractivity contribution in [3.05, 3.63) is 0 Å². The average molecular weight is 1280 g/mol. The zero-order chi connectivity index (χ0) is 64.2. The van der Waals surface area contributed by atoms with Gasteiger partial charge in [0.15, 0.2) is 12.2 Å². The molecule has 0 aliphatic heterocycles. The predicted molar refractivity (Wildman–Crippen MR) is 349 cm³/mol. The number of carbonyl (C=O) groups excluding carboxylic acids is 4. The lowest BCUT2D eigenvalue weighted by Gasteiger charge is -2.21. The fraction of sp³-hybridized carbons (Fsp3) is 0.941. The molecule has 0 saturated carbocycles. The average Bonchev–Trinajstić information content (AvgIpc) is 3.71. The van der Waals surface area contributed by atoms with Crippen LogP contribution in [0.3, 0.4) is 0 Å². The number of phosphoric acid groups is 2. The summed E-state index contributed by atoms with van der Waals surface area (Å²) in [5, 5.41) is 10.6. The van der Waals surface area contributed by atoms with E-state index in [0.717, 1.165) is 96.3 Å². The minimum Gasteiger partial charge on any atom is -0.462 e. The molecule has 0 aromatic rings. The normalized spacial score (nSPS) is 14.1. The summed E-state index contributed by atoms with van der Waals surface area (Å²) in [4.78, 5) is 72.4. The Kier molecular flexibility index (Phi) is 60.2. The van der Waals surface area contributed by atoms with Crippen LogP contribution in [0.25, 0.3) is 0 Å². The van der Waals surface area contributed by atoms with E-state index in [9.17, 15) is 43.2 Å². The number of rotatable bonds is 68. The molecule has 0 bridgehead atoms. The molecule has 19 heteroatoms. The van der Waals surface area contributed by atoms with Crippen LogP contribution >= 0.6 is 15.6 Å². The first-order valence-electron chi connectivity index (χ1n) is 35.6. The molecule has 0 amide bonds. The Balaban J connectivity index is 5.23. The van der Waals surface area contributed by atoms with Gasteiger partial charge in [-0.3, -0.25) is 37.3 Å². The maximum atomic E-state index is 13.0. The van der Waals surface area contributed by atoms with E-state index < -0.39 is 97.5 Å². The van der Waals surface area contributed by atoms with Crippen LogP contribution in [-0.4, -0.2) is 96.7 Å². The second kappa shape index (κ2) is 61.6. The first-order valence-corrected chi connectivity index (χ1v) is 38.6. The number of unbranched alkanes of at least 4 members (excludes halogenated alkanes) is 40. The third-order valence-corrected chi connectivity index (χ3v) is 17.7. The molecule has 0 saturated heterocycles. The number of carbonyl (C=O) groups is 4. The highest BCUT2D eigenvalue weighted by atomic mass is 31.2. The third kappa shape index (κ3) is 62.6. The van der Waals surface area contributed by atoms with Crippen LogP contribution < -0.4 is 0 Å². The van der Waals surface area contributed by atoms with Gasteiger partial charge in [0, 0.05) is 25.7 Å². The van der Waals surface area contributed by atoms with E-state index in [0.29, 0.717) is 31.6 Å². The lowest BCUT2D eigenvalue weighted by molar-refractivity contribution is -0.161. The molecule has 0 heterocycles. The first-order chi connectivity index (χ1) is 42.0. The molecule has 0 aliphatic rings. The van der Waals surface area contributed by atoms with Crippen LogP contribution in [0.4, 0.5) is 0 Å². The summed E-state index contributed by atoms with van der Waals surface area (Å²) in [7, 11) is -9.89. The van der Waals surface area contributed by atoms with Crippen molar-refractivity contribution in [2.24, 2.45) is 5.92 Å². The number of hydrogen-bond acceptors (Lipinski definition) is 15. The highest BCUT2D eigenvalue weighted by molar-refractivity contribution is 7.47. The second-order valence-corrected chi connectivity index (χ2v) is 27.9. The topological polar surface area (TPSA) is 237 Å². The van der Waals surface area contributed by atoms with E-state index in [1.165, 1.54) is 167 Å². The van der Waals surface area contributed by atoms with E-state index >= 15 is 0 Å². The molecule has 5 atom stereocenters.